The molecular weight excluding hydrogens is 316 g/mol. The van der Waals surface area contributed by atoms with Crippen molar-refractivity contribution in [1.82, 2.24) is 0 Å². The maximum absolute atomic E-state index is 12.2. The highest BCUT2D eigenvalue weighted by molar-refractivity contribution is 6.31. The van der Waals surface area contributed by atoms with Gasteiger partial charge in [-0.1, -0.05) is 23.7 Å². The molecule has 0 atom stereocenters. The van der Waals surface area contributed by atoms with Crippen LogP contribution in [0.2, 0.25) is 5.02 Å². The van der Waals surface area contributed by atoms with Gasteiger partial charge in [0.25, 0.3) is 0 Å². The Balaban J connectivity index is 2.14. The monoisotopic (exact) mass is 330 g/mol. The summed E-state index contributed by atoms with van der Waals surface area (Å²) in [7, 11) is 3.13. The highest BCUT2D eigenvalue weighted by Crippen LogP contribution is 2.37. The number of methoxy groups -OCH3 is 2. The highest BCUT2D eigenvalue weighted by Gasteiger charge is 2.25. The van der Waals surface area contributed by atoms with E-state index in [1.807, 2.05) is 18.2 Å². The van der Waals surface area contributed by atoms with E-state index in [2.05, 4.69) is 0 Å². The first-order valence-electron chi connectivity index (χ1n) is 7.02. The molecule has 1 aliphatic heterocycles. The second-order valence-electron chi connectivity index (χ2n) is 5.05. The number of benzene rings is 2. The number of ether oxygens (including phenoxy) is 3. The van der Waals surface area contributed by atoms with E-state index in [1.54, 1.807) is 38.5 Å². The summed E-state index contributed by atoms with van der Waals surface area (Å²) in [6.07, 6.45) is 1.76. The smallest absolute Gasteiger partial charge is 0.339 e. The summed E-state index contributed by atoms with van der Waals surface area (Å²) in [5, 5.41) is 0.607. The summed E-state index contributed by atoms with van der Waals surface area (Å²) in [5.41, 5.74) is 2.94. The molecule has 0 fully saturated rings. The SMILES string of the molecule is COc1cc2c(cc1OC)/C(=C/c1cccc(Cl)c1)C(=O)OC2. The first-order valence-corrected chi connectivity index (χ1v) is 7.40. The second kappa shape index (κ2) is 6.34. The molecule has 0 aliphatic carbocycles. The fourth-order valence-electron chi connectivity index (χ4n) is 2.52. The number of carbonyl (C=O) groups is 1. The van der Waals surface area contributed by atoms with Crippen LogP contribution in [-0.2, 0) is 16.1 Å². The fourth-order valence-corrected chi connectivity index (χ4v) is 2.72. The number of cyclic esters (lactones) is 1. The standard InChI is InChI=1S/C18H15ClO4/c1-21-16-8-12-10-23-18(20)15(14(12)9-17(16)22-2)7-11-4-3-5-13(19)6-11/h3-9H,10H2,1-2H3/b15-7-. The minimum absolute atomic E-state index is 0.210. The molecule has 4 nitrogen and oxygen atoms in total. The topological polar surface area (TPSA) is 44.8 Å². The molecule has 2 aromatic carbocycles. The van der Waals surface area contributed by atoms with Crippen molar-refractivity contribution in [1.29, 1.82) is 0 Å². The molecule has 1 aliphatic rings. The number of hydrogen-bond donors (Lipinski definition) is 0. The molecular formula is C18H15ClO4. The molecule has 0 unspecified atom stereocenters. The van der Waals surface area contributed by atoms with Gasteiger partial charge in [-0.05, 0) is 41.5 Å². The molecule has 3 rings (SSSR count). The fraction of sp³-hybridized carbons (Fsp3) is 0.167. The van der Waals surface area contributed by atoms with Crippen LogP contribution < -0.4 is 9.47 Å². The van der Waals surface area contributed by atoms with Crippen molar-refractivity contribution in [3.63, 3.8) is 0 Å². The van der Waals surface area contributed by atoms with Crippen LogP contribution in [0.15, 0.2) is 36.4 Å². The number of carbonyl (C=O) groups excluding carboxylic acids is 1. The van der Waals surface area contributed by atoms with E-state index in [0.29, 0.717) is 22.1 Å². The van der Waals surface area contributed by atoms with E-state index < -0.39 is 0 Å². The molecule has 2 aromatic rings. The van der Waals surface area contributed by atoms with Crippen LogP contribution in [0.4, 0.5) is 0 Å². The Bertz CT molecular complexity index is 796. The van der Waals surface area contributed by atoms with Crippen molar-refractivity contribution in [2.45, 2.75) is 6.61 Å². The lowest BCUT2D eigenvalue weighted by atomic mass is 9.95. The average Bonchev–Trinajstić information content (AvgIpc) is 2.56. The first-order chi connectivity index (χ1) is 11.1. The Morgan fingerprint density at radius 3 is 2.57 bits per heavy atom. The predicted octanol–water partition coefficient (Wildman–Crippen LogP) is 3.95. The third-order valence-corrected chi connectivity index (χ3v) is 3.87. The van der Waals surface area contributed by atoms with Gasteiger partial charge in [-0.25, -0.2) is 4.79 Å². The summed E-state index contributed by atoms with van der Waals surface area (Å²) in [4.78, 5) is 12.2. The van der Waals surface area contributed by atoms with Gasteiger partial charge in [-0.2, -0.15) is 0 Å². The highest BCUT2D eigenvalue weighted by atomic mass is 35.5. The summed E-state index contributed by atoms with van der Waals surface area (Å²) < 4.78 is 15.9. The predicted molar refractivity (Wildman–Crippen MR) is 88.7 cm³/mol. The van der Waals surface area contributed by atoms with Gasteiger partial charge in [-0.15, -0.1) is 0 Å². The first kappa shape index (κ1) is 15.4. The van der Waals surface area contributed by atoms with Crippen molar-refractivity contribution in [3.05, 3.63) is 58.1 Å². The third kappa shape index (κ3) is 3.03. The molecule has 1 heterocycles. The van der Waals surface area contributed by atoms with Crippen LogP contribution in [-0.4, -0.2) is 20.2 Å². The summed E-state index contributed by atoms with van der Waals surface area (Å²) in [6, 6.07) is 10.9. The van der Waals surface area contributed by atoms with Gasteiger partial charge >= 0.3 is 5.97 Å². The van der Waals surface area contributed by atoms with Crippen molar-refractivity contribution in [3.8, 4) is 11.5 Å². The van der Waals surface area contributed by atoms with Crippen LogP contribution in [0.1, 0.15) is 16.7 Å². The minimum atomic E-state index is -0.371. The molecule has 0 bridgehead atoms. The van der Waals surface area contributed by atoms with Gasteiger partial charge < -0.3 is 14.2 Å². The zero-order valence-electron chi connectivity index (χ0n) is 12.8. The third-order valence-electron chi connectivity index (χ3n) is 3.64. The number of halogens is 1. The molecule has 0 spiro atoms. The lowest BCUT2D eigenvalue weighted by Gasteiger charge is -2.21. The normalized spacial score (nSPS) is 15.1. The van der Waals surface area contributed by atoms with Gasteiger partial charge in [0.05, 0.1) is 19.8 Å². The van der Waals surface area contributed by atoms with Crippen molar-refractivity contribution >= 4 is 29.2 Å². The zero-order chi connectivity index (χ0) is 16.4. The Morgan fingerprint density at radius 2 is 1.87 bits per heavy atom. The summed E-state index contributed by atoms with van der Waals surface area (Å²) in [5.74, 6) is 0.800. The van der Waals surface area contributed by atoms with Gasteiger partial charge in [0.15, 0.2) is 11.5 Å². The Kier molecular flexibility index (Phi) is 4.26. The van der Waals surface area contributed by atoms with E-state index in [-0.39, 0.29) is 12.6 Å². The van der Waals surface area contributed by atoms with Gasteiger partial charge in [0, 0.05) is 10.6 Å². The average molecular weight is 331 g/mol. The molecule has 0 amide bonds. The largest absolute Gasteiger partial charge is 0.493 e. The van der Waals surface area contributed by atoms with Crippen molar-refractivity contribution in [2.75, 3.05) is 14.2 Å². The Morgan fingerprint density at radius 1 is 1.13 bits per heavy atom. The summed E-state index contributed by atoms with van der Waals surface area (Å²) in [6.45, 7) is 0.210. The van der Waals surface area contributed by atoms with Crippen LogP contribution in [0.25, 0.3) is 11.6 Å². The van der Waals surface area contributed by atoms with Gasteiger partial charge in [0.1, 0.15) is 6.61 Å². The van der Waals surface area contributed by atoms with Crippen molar-refractivity contribution in [2.24, 2.45) is 0 Å². The Labute approximate surface area is 139 Å². The maximum atomic E-state index is 12.2. The minimum Gasteiger partial charge on any atom is -0.493 e. The van der Waals surface area contributed by atoms with E-state index in [4.69, 9.17) is 25.8 Å². The molecule has 118 valence electrons. The van der Waals surface area contributed by atoms with Crippen molar-refractivity contribution < 1.29 is 19.0 Å². The molecule has 0 radical (unpaired) electrons. The lowest BCUT2D eigenvalue weighted by molar-refractivity contribution is -0.138. The van der Waals surface area contributed by atoms with Gasteiger partial charge in [-0.3, -0.25) is 0 Å². The van der Waals surface area contributed by atoms with E-state index in [9.17, 15) is 4.79 Å². The number of hydrogen-bond acceptors (Lipinski definition) is 4. The number of esters is 1. The quantitative estimate of drug-likeness (QED) is 0.631. The van der Waals surface area contributed by atoms with Gasteiger partial charge in [0.2, 0.25) is 0 Å². The Hall–Kier alpha value is -2.46. The van der Waals surface area contributed by atoms with E-state index >= 15 is 0 Å². The van der Waals surface area contributed by atoms with Crippen LogP contribution in [0, 0.1) is 0 Å². The summed E-state index contributed by atoms with van der Waals surface area (Å²) >= 11 is 6.00. The molecule has 0 saturated heterocycles. The maximum Gasteiger partial charge on any atom is 0.339 e. The lowest BCUT2D eigenvalue weighted by Crippen LogP contribution is -2.15. The molecule has 0 N–H and O–H groups in total. The molecule has 5 heteroatoms. The van der Waals surface area contributed by atoms with Crippen LogP contribution in [0.5, 0.6) is 11.5 Å². The van der Waals surface area contributed by atoms with Crippen LogP contribution >= 0.6 is 11.6 Å². The molecule has 0 aromatic heterocycles. The molecule has 23 heavy (non-hydrogen) atoms. The van der Waals surface area contributed by atoms with E-state index in [1.165, 1.54) is 0 Å². The zero-order valence-corrected chi connectivity index (χ0v) is 13.5. The second-order valence-corrected chi connectivity index (χ2v) is 5.49. The van der Waals surface area contributed by atoms with E-state index in [0.717, 1.165) is 16.7 Å². The number of rotatable bonds is 3. The van der Waals surface area contributed by atoms with Crippen LogP contribution in [0.3, 0.4) is 0 Å². The molecule has 0 saturated carbocycles. The number of fused-ring (bicyclic) bond motifs is 1.